The van der Waals surface area contributed by atoms with Crippen LogP contribution in [0.25, 0.3) is 0 Å². The molecule has 0 unspecified atom stereocenters. The van der Waals surface area contributed by atoms with Crippen LogP contribution in [0.15, 0.2) is 42.5 Å². The van der Waals surface area contributed by atoms with Crippen molar-refractivity contribution < 1.29 is 19.0 Å². The molecule has 0 N–H and O–H groups in total. The lowest BCUT2D eigenvalue weighted by molar-refractivity contribution is 0.0726. The highest BCUT2D eigenvalue weighted by atomic mass is 16.6. The summed E-state index contributed by atoms with van der Waals surface area (Å²) in [6, 6.07) is 13.3. The molecule has 0 saturated carbocycles. The molecule has 0 aliphatic rings. The lowest BCUT2D eigenvalue weighted by Crippen LogP contribution is -2.10. The molecule has 0 fully saturated rings. The first-order chi connectivity index (χ1) is 10.2. The van der Waals surface area contributed by atoms with Gasteiger partial charge in [-0.15, -0.1) is 0 Å². The van der Waals surface area contributed by atoms with Crippen LogP contribution in [-0.2, 0) is 0 Å². The van der Waals surface area contributed by atoms with Crippen molar-refractivity contribution in [3.8, 4) is 23.3 Å². The Morgan fingerprint density at radius 3 is 2.38 bits per heavy atom. The molecule has 5 nitrogen and oxygen atoms in total. The van der Waals surface area contributed by atoms with Crippen LogP contribution in [0.4, 0.5) is 0 Å². The third-order valence-corrected chi connectivity index (χ3v) is 2.82. The van der Waals surface area contributed by atoms with Crippen molar-refractivity contribution in [2.24, 2.45) is 0 Å². The molecule has 0 aliphatic heterocycles. The summed E-state index contributed by atoms with van der Waals surface area (Å²) < 4.78 is 15.6. The Morgan fingerprint density at radius 1 is 1.00 bits per heavy atom. The van der Waals surface area contributed by atoms with Gasteiger partial charge in [0.15, 0.2) is 11.5 Å². The topological polar surface area (TPSA) is 68.5 Å². The molecule has 2 aromatic rings. The van der Waals surface area contributed by atoms with Crippen molar-refractivity contribution in [2.75, 3.05) is 14.2 Å². The van der Waals surface area contributed by atoms with Gasteiger partial charge in [-0.3, -0.25) is 0 Å². The van der Waals surface area contributed by atoms with Crippen LogP contribution in [0.3, 0.4) is 0 Å². The maximum atomic E-state index is 12.2. The average Bonchev–Trinajstić information content (AvgIpc) is 2.55. The summed E-state index contributed by atoms with van der Waals surface area (Å²) in [4.78, 5) is 12.2. The molecular weight excluding hydrogens is 270 g/mol. The molecule has 0 bridgehead atoms. The molecule has 106 valence electrons. The Balaban J connectivity index is 2.30. The Kier molecular flexibility index (Phi) is 4.42. The number of rotatable bonds is 4. The Labute approximate surface area is 122 Å². The Bertz CT molecular complexity index is 704. The first kappa shape index (κ1) is 14.4. The van der Waals surface area contributed by atoms with Crippen molar-refractivity contribution in [1.29, 1.82) is 5.26 Å². The fraction of sp³-hybridized carbons (Fsp3) is 0.125. The Hall–Kier alpha value is -3.00. The minimum absolute atomic E-state index is 0.243. The van der Waals surface area contributed by atoms with Crippen LogP contribution < -0.4 is 14.2 Å². The molecule has 0 spiro atoms. The van der Waals surface area contributed by atoms with Gasteiger partial charge in [-0.2, -0.15) is 5.26 Å². The number of esters is 1. The van der Waals surface area contributed by atoms with E-state index < -0.39 is 5.97 Å². The predicted molar refractivity (Wildman–Crippen MR) is 75.7 cm³/mol. The Morgan fingerprint density at radius 2 is 1.71 bits per heavy atom. The van der Waals surface area contributed by atoms with Gasteiger partial charge in [0.25, 0.3) is 0 Å². The first-order valence-electron chi connectivity index (χ1n) is 6.13. The number of hydrogen-bond acceptors (Lipinski definition) is 5. The SMILES string of the molecule is COc1cc(C#N)ccc1OC(=O)c1ccccc1OC. The zero-order valence-corrected chi connectivity index (χ0v) is 11.6. The van der Waals surface area contributed by atoms with E-state index in [1.54, 1.807) is 30.3 Å². The van der Waals surface area contributed by atoms with Crippen molar-refractivity contribution in [3.05, 3.63) is 53.6 Å². The normalized spacial score (nSPS) is 9.57. The second-order valence-corrected chi connectivity index (χ2v) is 4.07. The van der Waals surface area contributed by atoms with E-state index in [2.05, 4.69) is 0 Å². The number of nitriles is 1. The third-order valence-electron chi connectivity index (χ3n) is 2.82. The zero-order valence-electron chi connectivity index (χ0n) is 11.6. The highest BCUT2D eigenvalue weighted by Gasteiger charge is 2.16. The summed E-state index contributed by atoms with van der Waals surface area (Å²) in [5.41, 5.74) is 0.732. The highest BCUT2D eigenvalue weighted by molar-refractivity contribution is 5.94. The van der Waals surface area contributed by atoms with Gasteiger partial charge in [-0.1, -0.05) is 12.1 Å². The molecule has 0 amide bonds. The second kappa shape index (κ2) is 6.44. The maximum absolute atomic E-state index is 12.2. The number of ether oxygens (including phenoxy) is 3. The van der Waals surface area contributed by atoms with E-state index in [1.165, 1.54) is 26.4 Å². The summed E-state index contributed by atoms with van der Waals surface area (Å²) >= 11 is 0. The summed E-state index contributed by atoms with van der Waals surface area (Å²) in [6.07, 6.45) is 0. The van der Waals surface area contributed by atoms with Crippen molar-refractivity contribution in [2.45, 2.75) is 0 Å². The number of benzene rings is 2. The fourth-order valence-corrected chi connectivity index (χ4v) is 1.79. The largest absolute Gasteiger partial charge is 0.496 e. The smallest absolute Gasteiger partial charge is 0.347 e. The number of carbonyl (C=O) groups excluding carboxylic acids is 1. The molecule has 21 heavy (non-hydrogen) atoms. The van der Waals surface area contributed by atoms with Crippen LogP contribution in [0.2, 0.25) is 0 Å². The quantitative estimate of drug-likeness (QED) is 0.637. The van der Waals surface area contributed by atoms with Crippen molar-refractivity contribution in [3.63, 3.8) is 0 Å². The summed E-state index contributed by atoms with van der Waals surface area (Å²) in [5, 5.41) is 8.85. The third kappa shape index (κ3) is 3.12. The number of hydrogen-bond donors (Lipinski definition) is 0. The fourth-order valence-electron chi connectivity index (χ4n) is 1.79. The van der Waals surface area contributed by atoms with E-state index in [4.69, 9.17) is 19.5 Å². The van der Waals surface area contributed by atoms with Crippen LogP contribution in [-0.4, -0.2) is 20.2 Å². The summed E-state index contributed by atoms with van der Waals surface area (Å²) in [7, 11) is 2.92. The second-order valence-electron chi connectivity index (χ2n) is 4.07. The summed E-state index contributed by atoms with van der Waals surface area (Å²) in [5.74, 6) is 0.426. The van der Waals surface area contributed by atoms with E-state index in [-0.39, 0.29) is 5.75 Å². The van der Waals surface area contributed by atoms with Crippen LogP contribution in [0, 0.1) is 11.3 Å². The monoisotopic (exact) mass is 283 g/mol. The lowest BCUT2D eigenvalue weighted by Gasteiger charge is -2.11. The van der Waals surface area contributed by atoms with E-state index in [0.29, 0.717) is 22.6 Å². The molecule has 0 saturated heterocycles. The van der Waals surface area contributed by atoms with Gasteiger partial charge in [0.05, 0.1) is 25.9 Å². The molecular formula is C16H13NO4. The molecule has 0 aromatic heterocycles. The van der Waals surface area contributed by atoms with E-state index >= 15 is 0 Å². The molecule has 0 radical (unpaired) electrons. The van der Waals surface area contributed by atoms with Crippen molar-refractivity contribution in [1.82, 2.24) is 0 Å². The van der Waals surface area contributed by atoms with Gasteiger partial charge in [0.1, 0.15) is 11.3 Å². The van der Waals surface area contributed by atoms with Crippen LogP contribution in [0.5, 0.6) is 17.2 Å². The number of nitrogens with zero attached hydrogens (tertiary/aromatic N) is 1. The number of carbonyl (C=O) groups is 1. The average molecular weight is 283 g/mol. The number of methoxy groups -OCH3 is 2. The molecule has 0 aliphatic carbocycles. The van der Waals surface area contributed by atoms with Crippen LogP contribution >= 0.6 is 0 Å². The molecule has 0 atom stereocenters. The maximum Gasteiger partial charge on any atom is 0.347 e. The van der Waals surface area contributed by atoms with Gasteiger partial charge in [-0.25, -0.2) is 4.79 Å². The van der Waals surface area contributed by atoms with Gasteiger partial charge in [-0.05, 0) is 24.3 Å². The molecule has 5 heteroatoms. The van der Waals surface area contributed by atoms with E-state index in [0.717, 1.165) is 0 Å². The lowest BCUT2D eigenvalue weighted by atomic mass is 10.2. The molecule has 2 rings (SSSR count). The molecule has 2 aromatic carbocycles. The molecule has 0 heterocycles. The van der Waals surface area contributed by atoms with E-state index in [1.807, 2.05) is 6.07 Å². The number of para-hydroxylation sites is 1. The highest BCUT2D eigenvalue weighted by Crippen LogP contribution is 2.29. The van der Waals surface area contributed by atoms with Gasteiger partial charge in [0, 0.05) is 6.07 Å². The standard InChI is InChI=1S/C16H13NO4/c1-19-13-6-4-3-5-12(13)16(18)21-14-8-7-11(10-17)9-15(14)20-2/h3-9H,1-2H3. The van der Waals surface area contributed by atoms with E-state index in [9.17, 15) is 4.79 Å². The summed E-state index contributed by atoms with van der Waals surface area (Å²) in [6.45, 7) is 0. The van der Waals surface area contributed by atoms with Gasteiger partial charge < -0.3 is 14.2 Å². The minimum atomic E-state index is -0.560. The van der Waals surface area contributed by atoms with Gasteiger partial charge in [0.2, 0.25) is 0 Å². The van der Waals surface area contributed by atoms with Crippen LogP contribution in [0.1, 0.15) is 15.9 Å². The van der Waals surface area contributed by atoms with Crippen molar-refractivity contribution >= 4 is 5.97 Å². The first-order valence-corrected chi connectivity index (χ1v) is 6.13. The zero-order chi connectivity index (χ0) is 15.2. The predicted octanol–water partition coefficient (Wildman–Crippen LogP) is 2.79. The minimum Gasteiger partial charge on any atom is -0.496 e. The van der Waals surface area contributed by atoms with Gasteiger partial charge >= 0.3 is 5.97 Å².